The number of aliphatic imine (C=N–C) groups is 1. The molecule has 1 saturated heterocycles. The fourth-order valence-corrected chi connectivity index (χ4v) is 2.93. The molecule has 0 spiro atoms. The van der Waals surface area contributed by atoms with Crippen LogP contribution in [-0.2, 0) is 4.74 Å². The molecule has 8 heteroatoms. The first-order valence-electron chi connectivity index (χ1n) is 9.71. The number of halogens is 1. The minimum absolute atomic E-state index is 0. The van der Waals surface area contributed by atoms with E-state index in [0.29, 0.717) is 25.2 Å². The molecule has 28 heavy (non-hydrogen) atoms. The fourth-order valence-electron chi connectivity index (χ4n) is 2.93. The summed E-state index contributed by atoms with van der Waals surface area (Å²) in [5.41, 5.74) is 0.651. The van der Waals surface area contributed by atoms with Gasteiger partial charge in [-0.15, -0.1) is 24.0 Å². The lowest BCUT2D eigenvalue weighted by Gasteiger charge is -2.39. The second kappa shape index (κ2) is 12.9. The first-order valence-corrected chi connectivity index (χ1v) is 9.71. The molecule has 158 valence electrons. The van der Waals surface area contributed by atoms with Gasteiger partial charge in [0.2, 0.25) is 0 Å². The van der Waals surface area contributed by atoms with Gasteiger partial charge in [0.15, 0.2) is 5.96 Å². The lowest BCUT2D eigenvalue weighted by atomic mass is 10.0. The first kappa shape index (κ1) is 24.6. The summed E-state index contributed by atoms with van der Waals surface area (Å²) in [5, 5.41) is 9.46. The van der Waals surface area contributed by atoms with Gasteiger partial charge < -0.3 is 20.7 Å². The second-order valence-electron chi connectivity index (χ2n) is 7.16. The molecule has 2 rings (SSSR count). The molecule has 0 unspecified atom stereocenters. The minimum Gasteiger partial charge on any atom is -0.379 e. The molecule has 1 aromatic rings. The van der Waals surface area contributed by atoms with Crippen molar-refractivity contribution in [3.8, 4) is 0 Å². The van der Waals surface area contributed by atoms with Crippen LogP contribution in [0.5, 0.6) is 0 Å². The molecule has 0 atom stereocenters. The van der Waals surface area contributed by atoms with Crippen molar-refractivity contribution in [3.05, 3.63) is 35.9 Å². The molecule has 0 bridgehead atoms. The Morgan fingerprint density at radius 2 is 1.75 bits per heavy atom. The molecule has 0 radical (unpaired) electrons. The van der Waals surface area contributed by atoms with Crippen LogP contribution in [0.2, 0.25) is 0 Å². The van der Waals surface area contributed by atoms with Crippen molar-refractivity contribution in [2.45, 2.75) is 26.3 Å². The molecule has 1 heterocycles. The summed E-state index contributed by atoms with van der Waals surface area (Å²) in [6.07, 6.45) is 0. The summed E-state index contributed by atoms with van der Waals surface area (Å²) in [6, 6.07) is 9.23. The Labute approximate surface area is 185 Å². The SMILES string of the molecule is CCNC(=NCC(C)(C)N1CCOCC1)NCCNC(=O)c1ccccc1.I. The average Bonchev–Trinajstić information content (AvgIpc) is 2.70. The standard InChI is InChI=1S/C20H33N5O2.HI/c1-4-21-19(24-16-20(2,3)25-12-14-27-15-13-25)23-11-10-22-18(26)17-8-6-5-7-9-17;/h5-9H,4,10-16H2,1-3H3,(H,22,26)(H2,21,23,24);1H. The lowest BCUT2D eigenvalue weighted by Crippen LogP contribution is -2.52. The van der Waals surface area contributed by atoms with Crippen LogP contribution in [-0.4, -0.2) is 74.8 Å². The van der Waals surface area contributed by atoms with E-state index in [9.17, 15) is 4.79 Å². The van der Waals surface area contributed by atoms with Gasteiger partial charge in [0.1, 0.15) is 0 Å². The molecular formula is C20H34IN5O2. The zero-order valence-corrected chi connectivity index (χ0v) is 19.5. The fraction of sp³-hybridized carbons (Fsp3) is 0.600. The van der Waals surface area contributed by atoms with E-state index < -0.39 is 0 Å². The quantitative estimate of drug-likeness (QED) is 0.218. The molecule has 0 aromatic heterocycles. The van der Waals surface area contributed by atoms with E-state index in [1.165, 1.54) is 0 Å². The minimum atomic E-state index is -0.0622. The third-order valence-electron chi connectivity index (χ3n) is 4.57. The maximum Gasteiger partial charge on any atom is 0.251 e. The largest absolute Gasteiger partial charge is 0.379 e. The maximum absolute atomic E-state index is 12.0. The molecule has 3 N–H and O–H groups in total. The van der Waals surface area contributed by atoms with E-state index >= 15 is 0 Å². The Hall–Kier alpha value is -1.39. The molecule has 1 aliphatic heterocycles. The summed E-state index contributed by atoms with van der Waals surface area (Å²) in [4.78, 5) is 19.2. The van der Waals surface area contributed by atoms with E-state index in [4.69, 9.17) is 9.73 Å². The summed E-state index contributed by atoms with van der Waals surface area (Å²) >= 11 is 0. The lowest BCUT2D eigenvalue weighted by molar-refractivity contribution is -0.00683. The smallest absolute Gasteiger partial charge is 0.251 e. The number of morpholine rings is 1. The highest BCUT2D eigenvalue weighted by Gasteiger charge is 2.28. The third kappa shape index (κ3) is 8.32. The normalized spacial score (nSPS) is 15.5. The molecular weight excluding hydrogens is 469 g/mol. The van der Waals surface area contributed by atoms with E-state index in [-0.39, 0.29) is 35.4 Å². The highest BCUT2D eigenvalue weighted by atomic mass is 127. The van der Waals surface area contributed by atoms with Crippen LogP contribution in [0.4, 0.5) is 0 Å². The van der Waals surface area contributed by atoms with Crippen LogP contribution >= 0.6 is 24.0 Å². The predicted molar refractivity (Wildman–Crippen MR) is 125 cm³/mol. The van der Waals surface area contributed by atoms with Gasteiger partial charge in [-0.3, -0.25) is 14.7 Å². The van der Waals surface area contributed by atoms with Crippen molar-refractivity contribution in [2.24, 2.45) is 4.99 Å². The van der Waals surface area contributed by atoms with Gasteiger partial charge in [-0.05, 0) is 32.9 Å². The van der Waals surface area contributed by atoms with Crippen LogP contribution in [0.15, 0.2) is 35.3 Å². The van der Waals surface area contributed by atoms with Crippen LogP contribution < -0.4 is 16.0 Å². The number of hydrogen-bond acceptors (Lipinski definition) is 4. The summed E-state index contributed by atoms with van der Waals surface area (Å²) in [7, 11) is 0. The van der Waals surface area contributed by atoms with Gasteiger partial charge >= 0.3 is 0 Å². The zero-order valence-electron chi connectivity index (χ0n) is 17.2. The van der Waals surface area contributed by atoms with Crippen molar-refractivity contribution in [1.82, 2.24) is 20.9 Å². The zero-order chi connectivity index (χ0) is 19.5. The molecule has 1 amide bonds. The monoisotopic (exact) mass is 503 g/mol. The van der Waals surface area contributed by atoms with Crippen molar-refractivity contribution in [1.29, 1.82) is 0 Å². The van der Waals surface area contributed by atoms with Crippen molar-refractivity contribution >= 4 is 35.8 Å². The summed E-state index contributed by atoms with van der Waals surface area (Å²) < 4.78 is 5.44. The molecule has 0 saturated carbocycles. The summed E-state index contributed by atoms with van der Waals surface area (Å²) in [5.74, 6) is 0.709. The van der Waals surface area contributed by atoms with Crippen LogP contribution in [0.1, 0.15) is 31.1 Å². The van der Waals surface area contributed by atoms with Crippen molar-refractivity contribution in [3.63, 3.8) is 0 Å². The van der Waals surface area contributed by atoms with Gasteiger partial charge in [0, 0.05) is 43.8 Å². The highest BCUT2D eigenvalue weighted by molar-refractivity contribution is 14.0. The van der Waals surface area contributed by atoms with Gasteiger partial charge in [0.25, 0.3) is 5.91 Å². The number of amides is 1. The number of ether oxygens (including phenoxy) is 1. The predicted octanol–water partition coefficient (Wildman–Crippen LogP) is 1.70. The van der Waals surface area contributed by atoms with Crippen molar-refractivity contribution in [2.75, 3.05) is 52.5 Å². The number of benzene rings is 1. The number of carbonyl (C=O) groups excluding carboxylic acids is 1. The number of rotatable bonds is 8. The van der Waals surface area contributed by atoms with Crippen LogP contribution in [0.3, 0.4) is 0 Å². The maximum atomic E-state index is 12.0. The van der Waals surface area contributed by atoms with E-state index in [2.05, 4.69) is 34.7 Å². The second-order valence-corrected chi connectivity index (χ2v) is 7.16. The van der Waals surface area contributed by atoms with Crippen LogP contribution in [0, 0.1) is 0 Å². The Bertz CT molecular complexity index is 604. The van der Waals surface area contributed by atoms with E-state index in [1.54, 1.807) is 0 Å². The average molecular weight is 503 g/mol. The Morgan fingerprint density at radius 3 is 2.39 bits per heavy atom. The number of carbonyl (C=O) groups is 1. The molecule has 1 aliphatic rings. The van der Waals surface area contributed by atoms with E-state index in [0.717, 1.165) is 38.8 Å². The van der Waals surface area contributed by atoms with Crippen molar-refractivity contribution < 1.29 is 9.53 Å². The Kier molecular flexibility index (Phi) is 11.4. The van der Waals surface area contributed by atoms with Gasteiger partial charge in [-0.2, -0.15) is 0 Å². The topological polar surface area (TPSA) is 78.0 Å². The summed E-state index contributed by atoms with van der Waals surface area (Å²) in [6.45, 7) is 12.6. The molecule has 0 aliphatic carbocycles. The molecule has 1 fully saturated rings. The Morgan fingerprint density at radius 1 is 1.11 bits per heavy atom. The van der Waals surface area contributed by atoms with Gasteiger partial charge in [0.05, 0.1) is 19.8 Å². The third-order valence-corrected chi connectivity index (χ3v) is 4.57. The molecule has 1 aromatic carbocycles. The number of guanidine groups is 1. The van der Waals surface area contributed by atoms with Gasteiger partial charge in [-0.1, -0.05) is 18.2 Å². The van der Waals surface area contributed by atoms with E-state index in [1.807, 2.05) is 37.3 Å². The number of nitrogens with zero attached hydrogens (tertiary/aromatic N) is 2. The Balaban J connectivity index is 0.00000392. The number of nitrogens with one attached hydrogen (secondary N) is 3. The van der Waals surface area contributed by atoms with Crippen LogP contribution in [0.25, 0.3) is 0 Å². The van der Waals surface area contributed by atoms with Gasteiger partial charge in [-0.25, -0.2) is 0 Å². The first-order chi connectivity index (χ1) is 13.0. The molecule has 7 nitrogen and oxygen atoms in total. The number of hydrogen-bond donors (Lipinski definition) is 3. The highest BCUT2D eigenvalue weighted by Crippen LogP contribution is 2.16.